The van der Waals surface area contributed by atoms with Crippen molar-refractivity contribution in [1.82, 2.24) is 4.90 Å². The summed E-state index contributed by atoms with van der Waals surface area (Å²) in [7, 11) is 1.54. The van der Waals surface area contributed by atoms with Crippen molar-refractivity contribution in [2.75, 3.05) is 20.2 Å². The second kappa shape index (κ2) is 5.40. The molecule has 0 bridgehead atoms. The molecule has 0 rings (SSSR count). The van der Waals surface area contributed by atoms with Gasteiger partial charge in [0, 0.05) is 13.5 Å². The predicted molar refractivity (Wildman–Crippen MR) is 43.5 cm³/mol. The summed E-state index contributed by atoms with van der Waals surface area (Å²) in [6.45, 7) is 2.24. The molecule has 12 heavy (non-hydrogen) atoms. The van der Waals surface area contributed by atoms with E-state index in [9.17, 15) is 9.59 Å². The molecule has 70 valence electrons. The molecule has 0 aliphatic carbocycles. The Morgan fingerprint density at radius 2 is 2.08 bits per heavy atom. The predicted octanol–water partition coefficient (Wildman–Crippen LogP) is -0.0499. The topological polar surface area (TPSA) is 72.6 Å². The smallest absolute Gasteiger partial charge is 0.314 e. The first-order valence-electron chi connectivity index (χ1n) is 3.74. The number of amides is 2. The number of carbonyl (C=O) groups excluding carboxylic acids is 2. The Hall–Kier alpha value is -1.26. The molecule has 0 atom stereocenters. The molecule has 0 aromatic heterocycles. The zero-order valence-electron chi connectivity index (χ0n) is 7.37. The molecule has 0 aromatic carbocycles. The summed E-state index contributed by atoms with van der Waals surface area (Å²) in [5, 5.41) is 0. The molecule has 0 radical (unpaired) electrons. The normalized spacial score (nSPS) is 9.17. The number of hydrogen-bond acceptors (Lipinski definition) is 3. The molecule has 2 amide bonds. The van der Waals surface area contributed by atoms with E-state index in [0.29, 0.717) is 13.0 Å². The van der Waals surface area contributed by atoms with Gasteiger partial charge in [-0.2, -0.15) is 0 Å². The van der Waals surface area contributed by atoms with Crippen LogP contribution in [-0.2, 0) is 9.53 Å². The first kappa shape index (κ1) is 10.7. The molecule has 0 spiro atoms. The molecule has 0 aliphatic rings. The van der Waals surface area contributed by atoms with Crippen LogP contribution >= 0.6 is 0 Å². The second-order valence-corrected chi connectivity index (χ2v) is 2.33. The van der Waals surface area contributed by atoms with E-state index in [1.807, 2.05) is 0 Å². The van der Waals surface area contributed by atoms with Gasteiger partial charge >= 0.3 is 12.0 Å². The van der Waals surface area contributed by atoms with Gasteiger partial charge < -0.3 is 15.4 Å². The summed E-state index contributed by atoms with van der Waals surface area (Å²) in [6.07, 6.45) is 0.348. The molecule has 0 aliphatic heterocycles. The van der Waals surface area contributed by atoms with E-state index < -0.39 is 6.03 Å². The molecule has 0 saturated carbocycles. The third-order valence-electron chi connectivity index (χ3n) is 1.35. The fourth-order valence-electron chi connectivity index (χ4n) is 0.509. The van der Waals surface area contributed by atoms with Crippen LogP contribution in [0.25, 0.3) is 0 Å². The summed E-state index contributed by atoms with van der Waals surface area (Å²) in [5.74, 6) is -0.270. The third-order valence-corrected chi connectivity index (χ3v) is 1.35. The number of urea groups is 1. The first-order chi connectivity index (χ1) is 5.57. The monoisotopic (exact) mass is 174 g/mol. The largest absolute Gasteiger partial charge is 0.464 e. The minimum Gasteiger partial charge on any atom is -0.464 e. The number of likely N-dealkylation sites (N-methyl/N-ethyl adjacent to an activating group) is 1. The molecule has 5 nitrogen and oxygen atoms in total. The van der Waals surface area contributed by atoms with Crippen LogP contribution in [0.5, 0.6) is 0 Å². The molecule has 0 aromatic rings. The van der Waals surface area contributed by atoms with Gasteiger partial charge in [0.25, 0.3) is 0 Å². The zero-order valence-corrected chi connectivity index (χ0v) is 7.37. The number of esters is 1. The van der Waals surface area contributed by atoms with Gasteiger partial charge in [-0.3, -0.25) is 4.79 Å². The van der Waals surface area contributed by atoms with Crippen molar-refractivity contribution in [2.45, 2.75) is 13.3 Å². The van der Waals surface area contributed by atoms with Crippen LogP contribution in [0.3, 0.4) is 0 Å². The number of nitrogens with two attached hydrogens (primary N) is 1. The third kappa shape index (κ3) is 4.54. The second-order valence-electron chi connectivity index (χ2n) is 2.33. The van der Waals surface area contributed by atoms with E-state index in [4.69, 9.17) is 10.5 Å². The van der Waals surface area contributed by atoms with Crippen molar-refractivity contribution in [3.05, 3.63) is 0 Å². The van der Waals surface area contributed by atoms with Gasteiger partial charge in [0.15, 0.2) is 0 Å². The van der Waals surface area contributed by atoms with Crippen molar-refractivity contribution >= 4 is 12.0 Å². The SMILES string of the molecule is CCC(=O)OCCN(C)C(N)=O. The van der Waals surface area contributed by atoms with Crippen LogP contribution in [0, 0.1) is 0 Å². The minimum absolute atomic E-state index is 0.201. The maximum Gasteiger partial charge on any atom is 0.314 e. The lowest BCUT2D eigenvalue weighted by molar-refractivity contribution is -0.143. The van der Waals surface area contributed by atoms with Gasteiger partial charge in [0.05, 0.1) is 6.54 Å². The first-order valence-corrected chi connectivity index (χ1v) is 3.74. The summed E-state index contributed by atoms with van der Waals surface area (Å²) in [4.78, 5) is 22.3. The van der Waals surface area contributed by atoms with Gasteiger partial charge in [0.1, 0.15) is 6.61 Å². The van der Waals surface area contributed by atoms with Crippen LogP contribution in [0.1, 0.15) is 13.3 Å². The maximum absolute atomic E-state index is 10.6. The standard InChI is InChI=1S/C7H14N2O3/c1-3-6(10)12-5-4-9(2)7(8)11/h3-5H2,1-2H3,(H2,8,11). The highest BCUT2D eigenvalue weighted by atomic mass is 16.5. The van der Waals surface area contributed by atoms with Crippen LogP contribution < -0.4 is 5.73 Å². The van der Waals surface area contributed by atoms with Crippen molar-refractivity contribution < 1.29 is 14.3 Å². The van der Waals surface area contributed by atoms with E-state index in [2.05, 4.69) is 0 Å². The summed E-state index contributed by atoms with van der Waals surface area (Å²) in [6, 6.07) is -0.525. The van der Waals surface area contributed by atoms with Crippen LogP contribution in [-0.4, -0.2) is 37.1 Å². The molecule has 0 unspecified atom stereocenters. The Balaban J connectivity index is 3.43. The van der Waals surface area contributed by atoms with Gasteiger partial charge in [-0.25, -0.2) is 4.79 Å². The molecular formula is C7H14N2O3. The van der Waals surface area contributed by atoms with Gasteiger partial charge in [-0.05, 0) is 0 Å². The number of ether oxygens (including phenoxy) is 1. The van der Waals surface area contributed by atoms with E-state index in [1.165, 1.54) is 4.90 Å². The Morgan fingerprint density at radius 1 is 1.50 bits per heavy atom. The zero-order chi connectivity index (χ0) is 9.56. The number of nitrogens with zero attached hydrogens (tertiary/aromatic N) is 1. The van der Waals surface area contributed by atoms with Crippen molar-refractivity contribution in [1.29, 1.82) is 0 Å². The Morgan fingerprint density at radius 3 is 2.50 bits per heavy atom. The summed E-state index contributed by atoms with van der Waals surface area (Å²) < 4.78 is 4.72. The Bertz CT molecular complexity index is 170. The maximum atomic E-state index is 10.6. The number of carbonyl (C=O) groups is 2. The lowest BCUT2D eigenvalue weighted by atomic mass is 10.5. The summed E-state index contributed by atoms with van der Waals surface area (Å²) >= 11 is 0. The molecular weight excluding hydrogens is 160 g/mol. The fraction of sp³-hybridized carbons (Fsp3) is 0.714. The quantitative estimate of drug-likeness (QED) is 0.607. The number of rotatable bonds is 4. The molecule has 0 saturated heterocycles. The Labute approximate surface area is 71.5 Å². The molecule has 0 fully saturated rings. The Kier molecular flexibility index (Phi) is 4.83. The van der Waals surface area contributed by atoms with Gasteiger partial charge in [-0.1, -0.05) is 6.92 Å². The van der Waals surface area contributed by atoms with E-state index in [-0.39, 0.29) is 12.6 Å². The highest BCUT2D eigenvalue weighted by Crippen LogP contribution is 1.86. The lowest BCUT2D eigenvalue weighted by Gasteiger charge is -2.13. The van der Waals surface area contributed by atoms with Crippen molar-refractivity contribution in [3.8, 4) is 0 Å². The molecule has 0 heterocycles. The summed E-state index contributed by atoms with van der Waals surface area (Å²) in [5.41, 5.74) is 4.93. The van der Waals surface area contributed by atoms with E-state index in [0.717, 1.165) is 0 Å². The van der Waals surface area contributed by atoms with Crippen molar-refractivity contribution in [2.24, 2.45) is 5.73 Å². The average Bonchev–Trinajstić information content (AvgIpc) is 2.03. The average molecular weight is 174 g/mol. The minimum atomic E-state index is -0.525. The highest BCUT2D eigenvalue weighted by Gasteiger charge is 2.03. The van der Waals surface area contributed by atoms with E-state index in [1.54, 1.807) is 14.0 Å². The molecule has 2 N–H and O–H groups in total. The van der Waals surface area contributed by atoms with Gasteiger partial charge in [0.2, 0.25) is 0 Å². The van der Waals surface area contributed by atoms with Crippen LogP contribution in [0.2, 0.25) is 0 Å². The molecule has 5 heteroatoms. The number of primary amides is 1. The fourth-order valence-corrected chi connectivity index (χ4v) is 0.509. The number of hydrogen-bond donors (Lipinski definition) is 1. The van der Waals surface area contributed by atoms with Gasteiger partial charge in [-0.15, -0.1) is 0 Å². The van der Waals surface area contributed by atoms with E-state index >= 15 is 0 Å². The van der Waals surface area contributed by atoms with Crippen molar-refractivity contribution in [3.63, 3.8) is 0 Å². The van der Waals surface area contributed by atoms with Crippen LogP contribution in [0.15, 0.2) is 0 Å². The lowest BCUT2D eigenvalue weighted by Crippen LogP contribution is -2.34. The van der Waals surface area contributed by atoms with Crippen LogP contribution in [0.4, 0.5) is 4.79 Å². The highest BCUT2D eigenvalue weighted by molar-refractivity contribution is 5.71.